The van der Waals surface area contributed by atoms with E-state index in [2.05, 4.69) is 43.0 Å². The van der Waals surface area contributed by atoms with Gasteiger partial charge in [0.05, 0.1) is 6.61 Å². The lowest BCUT2D eigenvalue weighted by Gasteiger charge is -2.31. The van der Waals surface area contributed by atoms with Crippen molar-refractivity contribution >= 4 is 5.78 Å². The molecular formula is C16H23NO2. The molecule has 1 aromatic carbocycles. The number of nitrogens with zero attached hydrogens (tertiary/aromatic N) is 1. The van der Waals surface area contributed by atoms with Crippen LogP contribution in [0, 0.1) is 0 Å². The minimum absolute atomic E-state index is 0.197. The van der Waals surface area contributed by atoms with Crippen molar-refractivity contribution in [3.8, 4) is 0 Å². The Balaban J connectivity index is 1.92. The predicted octanol–water partition coefficient (Wildman–Crippen LogP) is 2.08. The summed E-state index contributed by atoms with van der Waals surface area (Å²) in [6.07, 6.45) is 1.26. The lowest BCUT2D eigenvalue weighted by molar-refractivity contribution is -0.135. The summed E-state index contributed by atoms with van der Waals surface area (Å²) in [7, 11) is 0. The summed E-state index contributed by atoms with van der Waals surface area (Å²) in [5.74, 6) is 0.197. The van der Waals surface area contributed by atoms with Crippen LogP contribution in [0.15, 0.2) is 24.3 Å². The van der Waals surface area contributed by atoms with E-state index in [0.29, 0.717) is 13.0 Å². The molecule has 0 radical (unpaired) electrons. The molecule has 104 valence electrons. The molecule has 1 saturated heterocycles. The van der Waals surface area contributed by atoms with Gasteiger partial charge in [-0.15, -0.1) is 0 Å². The number of carbonyl (C=O) groups excluding carboxylic acids is 1. The Hall–Kier alpha value is -1.19. The molecule has 3 nitrogen and oxygen atoms in total. The maximum atomic E-state index is 12.2. The van der Waals surface area contributed by atoms with Gasteiger partial charge < -0.3 is 4.74 Å². The van der Waals surface area contributed by atoms with Crippen LogP contribution in [0.2, 0.25) is 0 Å². The zero-order valence-electron chi connectivity index (χ0n) is 11.9. The van der Waals surface area contributed by atoms with E-state index >= 15 is 0 Å². The largest absolute Gasteiger partial charge is 0.368 e. The molecule has 1 aliphatic heterocycles. The number of hydrogen-bond acceptors (Lipinski definition) is 3. The van der Waals surface area contributed by atoms with Crippen molar-refractivity contribution in [2.45, 2.75) is 32.8 Å². The van der Waals surface area contributed by atoms with E-state index in [1.807, 2.05) is 0 Å². The minimum atomic E-state index is -0.250. The van der Waals surface area contributed by atoms with Gasteiger partial charge in [0.1, 0.15) is 6.10 Å². The molecule has 0 spiro atoms. The maximum Gasteiger partial charge on any atom is 0.167 e. The van der Waals surface area contributed by atoms with Crippen LogP contribution in [0.3, 0.4) is 0 Å². The third-order valence-electron chi connectivity index (χ3n) is 3.77. The Morgan fingerprint density at radius 1 is 1.26 bits per heavy atom. The molecule has 1 atom stereocenters. The van der Waals surface area contributed by atoms with Gasteiger partial charge in [-0.3, -0.25) is 9.69 Å². The van der Waals surface area contributed by atoms with E-state index in [0.717, 1.165) is 31.6 Å². The molecule has 1 aromatic rings. The Bertz CT molecular complexity index is 413. The second-order valence-electron chi connectivity index (χ2n) is 5.07. The third kappa shape index (κ3) is 3.88. The Kier molecular flexibility index (Phi) is 5.11. The number of likely N-dealkylation sites (N-methyl/N-ethyl adjacent to an activating group) is 1. The fourth-order valence-corrected chi connectivity index (χ4v) is 2.39. The molecule has 0 bridgehead atoms. The third-order valence-corrected chi connectivity index (χ3v) is 3.77. The molecule has 1 fully saturated rings. The molecule has 0 amide bonds. The van der Waals surface area contributed by atoms with Crippen LogP contribution < -0.4 is 0 Å². The second-order valence-corrected chi connectivity index (χ2v) is 5.07. The number of hydrogen-bond donors (Lipinski definition) is 0. The average Bonchev–Trinajstić information content (AvgIpc) is 2.48. The van der Waals surface area contributed by atoms with E-state index in [9.17, 15) is 4.79 Å². The van der Waals surface area contributed by atoms with Crippen LogP contribution in [0.5, 0.6) is 0 Å². The highest BCUT2D eigenvalue weighted by Gasteiger charge is 2.25. The van der Waals surface area contributed by atoms with Crippen LogP contribution in [0.25, 0.3) is 0 Å². The zero-order chi connectivity index (χ0) is 13.7. The number of rotatable bonds is 5. The van der Waals surface area contributed by atoms with Crippen molar-refractivity contribution in [1.29, 1.82) is 0 Å². The van der Waals surface area contributed by atoms with Crippen molar-refractivity contribution < 1.29 is 9.53 Å². The molecule has 1 aliphatic rings. The van der Waals surface area contributed by atoms with Crippen molar-refractivity contribution in [2.24, 2.45) is 0 Å². The van der Waals surface area contributed by atoms with E-state index in [4.69, 9.17) is 4.74 Å². The fraction of sp³-hybridized carbons (Fsp3) is 0.562. The highest BCUT2D eigenvalue weighted by Crippen LogP contribution is 2.11. The predicted molar refractivity (Wildman–Crippen MR) is 76.4 cm³/mol. The first kappa shape index (κ1) is 14.2. The number of aryl methyl sites for hydroxylation is 1. The van der Waals surface area contributed by atoms with Crippen molar-refractivity contribution in [3.63, 3.8) is 0 Å². The zero-order valence-corrected chi connectivity index (χ0v) is 11.9. The molecular weight excluding hydrogens is 238 g/mol. The molecule has 0 aromatic heterocycles. The lowest BCUT2D eigenvalue weighted by atomic mass is 10.0. The van der Waals surface area contributed by atoms with E-state index in [1.165, 1.54) is 5.56 Å². The highest BCUT2D eigenvalue weighted by atomic mass is 16.5. The standard InChI is InChI=1S/C16H23NO2/c1-3-13-5-7-14(8-6-13)11-15(18)16-12-17(4-2)9-10-19-16/h5-8,16H,3-4,9-12H2,1-2H3. The average molecular weight is 261 g/mol. The first-order valence-corrected chi connectivity index (χ1v) is 7.17. The molecule has 1 heterocycles. The normalized spacial score (nSPS) is 20.4. The van der Waals surface area contributed by atoms with Crippen LogP contribution in [-0.4, -0.2) is 43.0 Å². The number of benzene rings is 1. The molecule has 0 aliphatic carbocycles. The molecule has 3 heteroatoms. The Morgan fingerprint density at radius 2 is 1.95 bits per heavy atom. The summed E-state index contributed by atoms with van der Waals surface area (Å²) in [6.45, 7) is 7.58. The topological polar surface area (TPSA) is 29.5 Å². The SMILES string of the molecule is CCc1ccc(CC(=O)C2CN(CC)CCO2)cc1. The van der Waals surface area contributed by atoms with Crippen LogP contribution in [0.4, 0.5) is 0 Å². The first-order valence-electron chi connectivity index (χ1n) is 7.17. The summed E-state index contributed by atoms with van der Waals surface area (Å²) in [4.78, 5) is 14.5. The van der Waals surface area contributed by atoms with Crippen LogP contribution in [0.1, 0.15) is 25.0 Å². The number of morpholine rings is 1. The molecule has 2 rings (SSSR count). The van der Waals surface area contributed by atoms with E-state index in [1.54, 1.807) is 0 Å². The Labute approximate surface area is 115 Å². The highest BCUT2D eigenvalue weighted by molar-refractivity contribution is 5.85. The van der Waals surface area contributed by atoms with Crippen LogP contribution >= 0.6 is 0 Å². The summed E-state index contributed by atoms with van der Waals surface area (Å²) in [6, 6.07) is 8.31. The monoisotopic (exact) mass is 261 g/mol. The first-order chi connectivity index (χ1) is 9.22. The number of carbonyl (C=O) groups is 1. The summed E-state index contributed by atoms with van der Waals surface area (Å²) < 4.78 is 5.60. The van der Waals surface area contributed by atoms with Gasteiger partial charge in [-0.25, -0.2) is 0 Å². The molecule has 19 heavy (non-hydrogen) atoms. The number of Topliss-reactive ketones (excluding diaryl/α,β-unsaturated/α-hetero) is 1. The van der Waals surface area contributed by atoms with Crippen molar-refractivity contribution in [3.05, 3.63) is 35.4 Å². The number of ether oxygens (including phenoxy) is 1. The maximum absolute atomic E-state index is 12.2. The summed E-state index contributed by atoms with van der Waals surface area (Å²) in [5.41, 5.74) is 2.39. The molecule has 0 N–H and O–H groups in total. The summed E-state index contributed by atoms with van der Waals surface area (Å²) >= 11 is 0. The van der Waals surface area contributed by atoms with Gasteiger partial charge in [-0.2, -0.15) is 0 Å². The van der Waals surface area contributed by atoms with Gasteiger partial charge in [-0.1, -0.05) is 38.1 Å². The number of ketones is 1. The molecule has 1 unspecified atom stereocenters. The van der Waals surface area contributed by atoms with Gasteiger partial charge in [0, 0.05) is 19.5 Å². The quantitative estimate of drug-likeness (QED) is 0.813. The van der Waals surface area contributed by atoms with Gasteiger partial charge in [-0.05, 0) is 24.1 Å². The smallest absolute Gasteiger partial charge is 0.167 e. The van der Waals surface area contributed by atoms with Crippen molar-refractivity contribution in [2.75, 3.05) is 26.2 Å². The van der Waals surface area contributed by atoms with Gasteiger partial charge in [0.15, 0.2) is 5.78 Å². The van der Waals surface area contributed by atoms with E-state index in [-0.39, 0.29) is 11.9 Å². The van der Waals surface area contributed by atoms with Crippen LogP contribution in [-0.2, 0) is 22.4 Å². The summed E-state index contributed by atoms with van der Waals surface area (Å²) in [5, 5.41) is 0. The lowest BCUT2D eigenvalue weighted by Crippen LogP contribution is -2.46. The Morgan fingerprint density at radius 3 is 2.58 bits per heavy atom. The van der Waals surface area contributed by atoms with Gasteiger partial charge >= 0.3 is 0 Å². The van der Waals surface area contributed by atoms with Crippen molar-refractivity contribution in [1.82, 2.24) is 4.90 Å². The fourth-order valence-electron chi connectivity index (χ4n) is 2.39. The molecule has 0 saturated carbocycles. The van der Waals surface area contributed by atoms with Gasteiger partial charge in [0.2, 0.25) is 0 Å². The van der Waals surface area contributed by atoms with Gasteiger partial charge in [0.25, 0.3) is 0 Å². The second kappa shape index (κ2) is 6.83. The van der Waals surface area contributed by atoms with E-state index < -0.39 is 0 Å². The minimum Gasteiger partial charge on any atom is -0.368 e.